The number of carbonyl (C=O) groups excluding carboxylic acids is 1. The quantitative estimate of drug-likeness (QED) is 0.172. The fraction of sp³-hybridized carbons (Fsp3) is 0.429. The molecule has 3 unspecified atom stereocenters. The fourth-order valence-corrected chi connectivity index (χ4v) is 5.16. The lowest BCUT2D eigenvalue weighted by Gasteiger charge is -2.49. The molecule has 0 radical (unpaired) electrons. The van der Waals surface area contributed by atoms with Crippen molar-refractivity contribution in [1.82, 2.24) is 9.97 Å². The van der Waals surface area contributed by atoms with Crippen LogP contribution in [-0.4, -0.2) is 80.6 Å². The van der Waals surface area contributed by atoms with Gasteiger partial charge in [-0.3, -0.25) is 13.5 Å². The van der Waals surface area contributed by atoms with Gasteiger partial charge in [-0.05, 0) is 51.5 Å². The Kier molecular flexibility index (Phi) is 10.1. The maximum atomic E-state index is 13.8. The second kappa shape index (κ2) is 13.0. The van der Waals surface area contributed by atoms with Crippen molar-refractivity contribution in [3.63, 3.8) is 0 Å². The van der Waals surface area contributed by atoms with Crippen LogP contribution in [0.4, 0.5) is 5.69 Å². The van der Waals surface area contributed by atoms with Gasteiger partial charge < -0.3 is 33.3 Å². The molecule has 0 bridgehead atoms. The van der Waals surface area contributed by atoms with Crippen LogP contribution in [0.15, 0.2) is 48.7 Å². The van der Waals surface area contributed by atoms with E-state index in [1.165, 1.54) is 40.0 Å². The Morgan fingerprint density at radius 1 is 1.02 bits per heavy atom. The van der Waals surface area contributed by atoms with Crippen molar-refractivity contribution in [2.24, 2.45) is 0 Å². The van der Waals surface area contributed by atoms with Gasteiger partial charge in [0.15, 0.2) is 0 Å². The summed E-state index contributed by atoms with van der Waals surface area (Å²) >= 11 is -3.37. The third-order valence-corrected chi connectivity index (χ3v) is 7.21. The molecule has 0 fully saturated rings. The SMILES string of the molecule is COc1ccc(N(S(=O)[O-])C(OC)(C(=O)OC(C)(C)C)C(C)(OC)C(=O)O)c(OCCc2ccnc3ccccc23)n1. The van der Waals surface area contributed by atoms with Gasteiger partial charge in [-0.1, -0.05) is 18.2 Å². The summed E-state index contributed by atoms with van der Waals surface area (Å²) in [4.78, 5) is 35.0. The summed E-state index contributed by atoms with van der Waals surface area (Å²) in [6.07, 6.45) is 2.04. The number of rotatable bonds is 13. The molecular weight excluding hydrogens is 570 g/mol. The van der Waals surface area contributed by atoms with Crippen LogP contribution in [0, 0.1) is 0 Å². The van der Waals surface area contributed by atoms with Gasteiger partial charge in [0, 0.05) is 38.3 Å². The molecule has 1 aromatic carbocycles. The summed E-state index contributed by atoms with van der Waals surface area (Å²) in [5.74, 6) is -3.28. The molecule has 0 spiro atoms. The number of methoxy groups -OCH3 is 3. The van der Waals surface area contributed by atoms with Crippen molar-refractivity contribution in [1.29, 1.82) is 0 Å². The van der Waals surface area contributed by atoms with E-state index in [1.807, 2.05) is 30.3 Å². The first-order valence-corrected chi connectivity index (χ1v) is 13.8. The second-order valence-corrected chi connectivity index (χ2v) is 11.0. The van der Waals surface area contributed by atoms with E-state index in [-0.39, 0.29) is 24.1 Å². The van der Waals surface area contributed by atoms with Crippen molar-refractivity contribution in [3.05, 3.63) is 54.2 Å². The van der Waals surface area contributed by atoms with Gasteiger partial charge in [0.05, 0.1) is 30.5 Å². The van der Waals surface area contributed by atoms with Crippen molar-refractivity contribution < 1.29 is 47.1 Å². The molecule has 228 valence electrons. The average Bonchev–Trinajstić information content (AvgIpc) is 2.94. The molecule has 0 saturated heterocycles. The molecule has 0 saturated carbocycles. The first-order chi connectivity index (χ1) is 19.8. The molecule has 42 heavy (non-hydrogen) atoms. The smallest absolute Gasteiger partial charge is 0.365 e. The van der Waals surface area contributed by atoms with E-state index in [0.717, 1.165) is 37.6 Å². The summed E-state index contributed by atoms with van der Waals surface area (Å²) in [6, 6.07) is 11.9. The van der Waals surface area contributed by atoms with Crippen LogP contribution in [-0.2, 0) is 41.5 Å². The summed E-state index contributed by atoms with van der Waals surface area (Å²) in [5.41, 5.74) is -5.36. The van der Waals surface area contributed by atoms with Crippen LogP contribution >= 0.6 is 0 Å². The van der Waals surface area contributed by atoms with Crippen LogP contribution in [0.2, 0.25) is 0 Å². The second-order valence-electron chi connectivity index (χ2n) is 10.2. The summed E-state index contributed by atoms with van der Waals surface area (Å²) < 4.78 is 53.8. The number of carboxylic acids is 1. The average molecular weight is 605 g/mol. The van der Waals surface area contributed by atoms with E-state index >= 15 is 0 Å². The fourth-order valence-electron chi connectivity index (χ4n) is 4.33. The van der Waals surface area contributed by atoms with Gasteiger partial charge in [0.1, 0.15) is 11.3 Å². The number of hydrogen-bond donors (Lipinski definition) is 1. The first kappa shape index (κ1) is 32.7. The molecule has 2 heterocycles. The molecule has 13 nitrogen and oxygen atoms in total. The third kappa shape index (κ3) is 6.31. The number of anilines is 1. The van der Waals surface area contributed by atoms with E-state index in [2.05, 4.69) is 9.97 Å². The lowest BCUT2D eigenvalue weighted by Crippen LogP contribution is -2.73. The predicted molar refractivity (Wildman–Crippen MR) is 152 cm³/mol. The molecule has 0 aliphatic heterocycles. The minimum atomic E-state index is -3.37. The van der Waals surface area contributed by atoms with Crippen LogP contribution in [0.3, 0.4) is 0 Å². The summed E-state index contributed by atoms with van der Waals surface area (Å²) in [6.45, 7) is 5.59. The third-order valence-electron chi connectivity index (χ3n) is 6.46. The zero-order valence-electron chi connectivity index (χ0n) is 24.4. The molecule has 14 heteroatoms. The van der Waals surface area contributed by atoms with Gasteiger partial charge in [-0.2, -0.15) is 4.98 Å². The first-order valence-electron chi connectivity index (χ1n) is 12.7. The van der Waals surface area contributed by atoms with Gasteiger partial charge in [0.25, 0.3) is 5.72 Å². The highest BCUT2D eigenvalue weighted by Gasteiger charge is 2.67. The number of benzene rings is 1. The van der Waals surface area contributed by atoms with Gasteiger partial charge in [0.2, 0.25) is 17.4 Å². The number of fused-ring (bicyclic) bond motifs is 1. The van der Waals surface area contributed by atoms with E-state index in [1.54, 1.807) is 6.20 Å². The minimum Gasteiger partial charge on any atom is -0.755 e. The Morgan fingerprint density at radius 2 is 1.71 bits per heavy atom. The molecule has 2 aromatic heterocycles. The molecule has 3 aromatic rings. The molecule has 0 amide bonds. The van der Waals surface area contributed by atoms with Crippen LogP contribution in [0.25, 0.3) is 10.9 Å². The molecule has 3 rings (SSSR count). The van der Waals surface area contributed by atoms with Crippen molar-refractivity contribution in [3.8, 4) is 11.8 Å². The lowest BCUT2D eigenvalue weighted by atomic mass is 9.90. The number of aliphatic carboxylic acids is 1. The van der Waals surface area contributed by atoms with Gasteiger partial charge in [-0.15, -0.1) is 0 Å². The van der Waals surface area contributed by atoms with Crippen LogP contribution < -0.4 is 13.8 Å². The Labute approximate surface area is 246 Å². The number of aromatic nitrogens is 2. The highest BCUT2D eigenvalue weighted by Crippen LogP contribution is 2.43. The van der Waals surface area contributed by atoms with Crippen LogP contribution in [0.5, 0.6) is 11.8 Å². The molecule has 0 aliphatic rings. The number of nitrogens with zero attached hydrogens (tertiary/aromatic N) is 3. The van der Waals surface area contributed by atoms with Gasteiger partial charge in [-0.25, -0.2) is 9.59 Å². The summed E-state index contributed by atoms with van der Waals surface area (Å²) in [5, 5.41) is 11.1. The Balaban J connectivity index is 2.17. The maximum absolute atomic E-state index is 13.8. The monoisotopic (exact) mass is 604 g/mol. The Morgan fingerprint density at radius 3 is 2.29 bits per heavy atom. The Hall–Kier alpha value is -3.85. The molecule has 1 N–H and O–H groups in total. The van der Waals surface area contributed by atoms with E-state index < -0.39 is 40.1 Å². The highest BCUT2D eigenvalue weighted by atomic mass is 32.2. The molecule has 3 atom stereocenters. The Bertz CT molecular complexity index is 1460. The predicted octanol–water partition coefficient (Wildman–Crippen LogP) is 3.03. The number of carbonyl (C=O) groups is 2. The van der Waals surface area contributed by atoms with E-state index in [4.69, 9.17) is 23.7 Å². The number of pyridine rings is 2. The van der Waals surface area contributed by atoms with Crippen molar-refractivity contribution in [2.75, 3.05) is 32.2 Å². The number of hydrogen-bond acceptors (Lipinski definition) is 11. The zero-order valence-corrected chi connectivity index (χ0v) is 25.2. The van der Waals surface area contributed by atoms with E-state index in [9.17, 15) is 23.5 Å². The largest absolute Gasteiger partial charge is 0.755 e. The number of para-hydroxylation sites is 1. The molecular formula is C28H34N3O10S-. The number of carboxylic acid groups (broad SMARTS) is 1. The van der Waals surface area contributed by atoms with E-state index in [0.29, 0.717) is 10.7 Å². The number of ether oxygens (including phenoxy) is 5. The number of esters is 1. The summed E-state index contributed by atoms with van der Waals surface area (Å²) in [7, 11) is 3.32. The minimum absolute atomic E-state index is 0.00734. The van der Waals surface area contributed by atoms with Crippen molar-refractivity contribution in [2.45, 2.75) is 51.0 Å². The normalized spacial score (nSPS) is 15.2. The van der Waals surface area contributed by atoms with Crippen LogP contribution in [0.1, 0.15) is 33.3 Å². The van der Waals surface area contributed by atoms with Gasteiger partial charge >= 0.3 is 11.9 Å². The topological polar surface area (TPSA) is 170 Å². The zero-order chi connectivity index (χ0) is 31.3. The highest BCUT2D eigenvalue weighted by molar-refractivity contribution is 7.80. The maximum Gasteiger partial charge on any atom is 0.365 e. The molecule has 0 aliphatic carbocycles. The van der Waals surface area contributed by atoms with Crippen molar-refractivity contribution >= 4 is 39.8 Å². The lowest BCUT2D eigenvalue weighted by molar-refractivity contribution is -0.221. The standard InChI is InChI=1S/C28H35N3O10S/c1-26(2,3)41-25(34)28(39-7,27(4,38-6)24(32)33)31(42(35)36)21-12-13-22(37-5)30-23(21)40-17-15-18-14-16-29-20-11-9-8-10-19(18)20/h8-14,16H,15,17H2,1-7H3,(H,32,33)(H,35,36)/p-1.